The van der Waals surface area contributed by atoms with Gasteiger partial charge in [0.1, 0.15) is 6.61 Å². The van der Waals surface area contributed by atoms with Crippen molar-refractivity contribution in [3.63, 3.8) is 0 Å². The summed E-state index contributed by atoms with van der Waals surface area (Å²) in [6, 6.07) is 10.1. The van der Waals surface area contributed by atoms with E-state index in [1.165, 1.54) is 0 Å². The van der Waals surface area contributed by atoms with Crippen molar-refractivity contribution in [2.24, 2.45) is 11.7 Å². The molecule has 0 radical (unpaired) electrons. The summed E-state index contributed by atoms with van der Waals surface area (Å²) in [5.41, 5.74) is 6.43. The van der Waals surface area contributed by atoms with Crippen LogP contribution in [0.2, 0.25) is 0 Å². The Morgan fingerprint density at radius 3 is 2.40 bits per heavy atom. The van der Waals surface area contributed by atoms with Crippen LogP contribution in [0.4, 0.5) is 4.79 Å². The summed E-state index contributed by atoms with van der Waals surface area (Å²) in [4.78, 5) is 27.9. The van der Waals surface area contributed by atoms with Crippen LogP contribution in [-0.2, 0) is 16.1 Å². The van der Waals surface area contributed by atoms with Crippen LogP contribution in [0.1, 0.15) is 31.2 Å². The maximum Gasteiger partial charge on any atom is 0.410 e. The molecule has 0 aromatic heterocycles. The van der Waals surface area contributed by atoms with E-state index in [9.17, 15) is 9.59 Å². The number of piperidine rings is 1. The Labute approximate surface area is 148 Å². The van der Waals surface area contributed by atoms with Crippen LogP contribution in [0.15, 0.2) is 30.3 Å². The summed E-state index contributed by atoms with van der Waals surface area (Å²) in [7, 11) is 0. The van der Waals surface area contributed by atoms with Gasteiger partial charge in [0.15, 0.2) is 0 Å². The lowest BCUT2D eigenvalue weighted by Gasteiger charge is -2.34. The molecular formula is C19H27N3O3. The fourth-order valence-electron chi connectivity index (χ4n) is 3.33. The third kappa shape index (κ3) is 4.95. The highest BCUT2D eigenvalue weighted by molar-refractivity contribution is 5.78. The van der Waals surface area contributed by atoms with Gasteiger partial charge in [-0.1, -0.05) is 30.3 Å². The molecule has 2 fully saturated rings. The average Bonchev–Trinajstić information content (AvgIpc) is 3.50. The number of nitrogens with two attached hydrogens (primary N) is 1. The molecule has 2 N–H and O–H groups in total. The molecule has 3 rings (SSSR count). The number of nitrogens with zero attached hydrogens (tertiary/aromatic N) is 2. The zero-order valence-corrected chi connectivity index (χ0v) is 14.6. The molecule has 1 aromatic rings. The molecule has 1 aromatic carbocycles. The van der Waals surface area contributed by atoms with E-state index in [0.29, 0.717) is 18.6 Å². The highest BCUT2D eigenvalue weighted by Gasteiger charge is 2.36. The number of benzene rings is 1. The number of hydrogen-bond donors (Lipinski definition) is 1. The standard InChI is InChI=1S/C19H27N3O3/c20-12-18(23)21-10-8-15(9-11-21)13-22(17-6-7-17)19(24)25-14-16-4-2-1-3-5-16/h1-5,15,17H,6-14,20H2. The van der Waals surface area contributed by atoms with E-state index in [1.54, 1.807) is 0 Å². The van der Waals surface area contributed by atoms with Crippen LogP contribution in [-0.4, -0.2) is 54.0 Å². The summed E-state index contributed by atoms with van der Waals surface area (Å²) in [6.07, 6.45) is 3.74. The number of carbonyl (C=O) groups excluding carboxylic acids is 2. The van der Waals surface area contributed by atoms with Gasteiger partial charge >= 0.3 is 6.09 Å². The molecule has 0 bridgehead atoms. The summed E-state index contributed by atoms with van der Waals surface area (Å²) in [6.45, 7) is 2.58. The second-order valence-electron chi connectivity index (χ2n) is 6.95. The van der Waals surface area contributed by atoms with E-state index in [4.69, 9.17) is 10.5 Å². The van der Waals surface area contributed by atoms with Crippen molar-refractivity contribution in [2.75, 3.05) is 26.2 Å². The fourth-order valence-corrected chi connectivity index (χ4v) is 3.33. The monoisotopic (exact) mass is 345 g/mol. The minimum absolute atomic E-state index is 0.0137. The first kappa shape index (κ1) is 17.7. The smallest absolute Gasteiger partial charge is 0.410 e. The van der Waals surface area contributed by atoms with Crippen molar-refractivity contribution >= 4 is 12.0 Å². The molecule has 0 unspecified atom stereocenters. The summed E-state index contributed by atoms with van der Waals surface area (Å²) >= 11 is 0. The first-order valence-electron chi connectivity index (χ1n) is 9.12. The number of amides is 2. The number of hydrogen-bond acceptors (Lipinski definition) is 4. The molecule has 6 heteroatoms. The quantitative estimate of drug-likeness (QED) is 0.855. The summed E-state index contributed by atoms with van der Waals surface area (Å²) in [5, 5.41) is 0. The number of carbonyl (C=O) groups is 2. The normalized spacial score (nSPS) is 18.0. The molecule has 2 aliphatic rings. The highest BCUT2D eigenvalue weighted by Crippen LogP contribution is 2.30. The Bertz CT molecular complexity index is 581. The van der Waals surface area contributed by atoms with Gasteiger partial charge in [0.2, 0.25) is 5.91 Å². The van der Waals surface area contributed by atoms with Gasteiger partial charge in [-0.25, -0.2) is 4.79 Å². The molecule has 25 heavy (non-hydrogen) atoms. The lowest BCUT2D eigenvalue weighted by Crippen LogP contribution is -2.45. The molecule has 1 saturated carbocycles. The Hall–Kier alpha value is -2.08. The van der Waals surface area contributed by atoms with Gasteiger partial charge in [-0.05, 0) is 37.2 Å². The van der Waals surface area contributed by atoms with Crippen LogP contribution in [0.3, 0.4) is 0 Å². The van der Waals surface area contributed by atoms with Crippen molar-refractivity contribution in [1.29, 1.82) is 0 Å². The molecule has 6 nitrogen and oxygen atoms in total. The summed E-state index contributed by atoms with van der Waals surface area (Å²) < 4.78 is 5.52. The van der Waals surface area contributed by atoms with Gasteiger partial charge in [0, 0.05) is 25.7 Å². The van der Waals surface area contributed by atoms with Crippen LogP contribution >= 0.6 is 0 Å². The SMILES string of the molecule is NCC(=O)N1CCC(CN(C(=O)OCc2ccccc2)C2CC2)CC1. The molecule has 1 saturated heterocycles. The lowest BCUT2D eigenvalue weighted by molar-refractivity contribution is -0.131. The van der Waals surface area contributed by atoms with Gasteiger partial charge < -0.3 is 20.3 Å². The zero-order valence-electron chi connectivity index (χ0n) is 14.6. The van der Waals surface area contributed by atoms with Gasteiger partial charge in [-0.2, -0.15) is 0 Å². The Morgan fingerprint density at radius 2 is 1.80 bits per heavy atom. The second kappa shape index (κ2) is 8.34. The minimum Gasteiger partial charge on any atom is -0.445 e. The third-order valence-electron chi connectivity index (χ3n) is 5.02. The molecule has 1 aliphatic heterocycles. The molecule has 1 aliphatic carbocycles. The predicted octanol–water partition coefficient (Wildman–Crippen LogP) is 1.98. The third-order valence-corrected chi connectivity index (χ3v) is 5.02. The molecule has 1 heterocycles. The topological polar surface area (TPSA) is 75.9 Å². The van der Waals surface area contributed by atoms with E-state index < -0.39 is 0 Å². The van der Waals surface area contributed by atoms with Crippen molar-refractivity contribution in [3.8, 4) is 0 Å². The maximum atomic E-state index is 12.5. The largest absolute Gasteiger partial charge is 0.445 e. The van der Waals surface area contributed by atoms with Gasteiger partial charge in [-0.15, -0.1) is 0 Å². The van der Waals surface area contributed by atoms with E-state index in [0.717, 1.165) is 50.9 Å². The van der Waals surface area contributed by atoms with Gasteiger partial charge in [0.05, 0.1) is 6.54 Å². The zero-order chi connectivity index (χ0) is 17.6. The maximum absolute atomic E-state index is 12.5. The average molecular weight is 345 g/mol. The predicted molar refractivity (Wildman–Crippen MR) is 94.7 cm³/mol. The Kier molecular flexibility index (Phi) is 5.91. The second-order valence-corrected chi connectivity index (χ2v) is 6.95. The van der Waals surface area contributed by atoms with Crippen molar-refractivity contribution in [1.82, 2.24) is 9.80 Å². The van der Waals surface area contributed by atoms with Crippen LogP contribution in [0.25, 0.3) is 0 Å². The first-order valence-corrected chi connectivity index (χ1v) is 9.12. The number of likely N-dealkylation sites (tertiary alicyclic amines) is 1. The fraction of sp³-hybridized carbons (Fsp3) is 0.579. The van der Waals surface area contributed by atoms with Crippen molar-refractivity contribution in [2.45, 2.75) is 38.3 Å². The van der Waals surface area contributed by atoms with Crippen LogP contribution in [0, 0.1) is 5.92 Å². The molecule has 136 valence electrons. The van der Waals surface area contributed by atoms with E-state index in [2.05, 4.69) is 0 Å². The highest BCUT2D eigenvalue weighted by atomic mass is 16.6. The van der Waals surface area contributed by atoms with Crippen molar-refractivity contribution in [3.05, 3.63) is 35.9 Å². The Balaban J connectivity index is 1.48. The van der Waals surface area contributed by atoms with Crippen LogP contribution in [0.5, 0.6) is 0 Å². The van der Waals surface area contributed by atoms with Crippen molar-refractivity contribution < 1.29 is 14.3 Å². The first-order chi connectivity index (χ1) is 12.2. The van der Waals surface area contributed by atoms with E-state index in [-0.39, 0.29) is 18.5 Å². The molecule has 0 atom stereocenters. The minimum atomic E-state index is -0.216. The number of rotatable bonds is 6. The van der Waals surface area contributed by atoms with E-state index in [1.807, 2.05) is 40.1 Å². The van der Waals surface area contributed by atoms with Gasteiger partial charge in [0.25, 0.3) is 0 Å². The summed E-state index contributed by atoms with van der Waals surface area (Å²) in [5.74, 6) is 0.437. The van der Waals surface area contributed by atoms with E-state index >= 15 is 0 Å². The number of ether oxygens (including phenoxy) is 1. The molecule has 2 amide bonds. The lowest BCUT2D eigenvalue weighted by atomic mass is 9.96. The molecular weight excluding hydrogens is 318 g/mol. The molecule has 0 spiro atoms. The van der Waals surface area contributed by atoms with Crippen LogP contribution < -0.4 is 5.73 Å². The van der Waals surface area contributed by atoms with Gasteiger partial charge in [-0.3, -0.25) is 4.79 Å². The Morgan fingerprint density at radius 1 is 1.12 bits per heavy atom.